The molecule has 0 saturated heterocycles. The summed E-state index contributed by atoms with van der Waals surface area (Å²) in [6.45, 7) is 6.49. The molecule has 0 aliphatic heterocycles. The molecule has 0 spiro atoms. The van der Waals surface area contributed by atoms with Crippen LogP contribution in [0.25, 0.3) is 0 Å². The van der Waals surface area contributed by atoms with Gasteiger partial charge in [0.25, 0.3) is 0 Å². The third kappa shape index (κ3) is 6.10. The van der Waals surface area contributed by atoms with Crippen LogP contribution in [0.15, 0.2) is 22.7 Å². The predicted molar refractivity (Wildman–Crippen MR) is 116 cm³/mol. The van der Waals surface area contributed by atoms with Gasteiger partial charge in [-0.15, -0.1) is 0 Å². The molecule has 0 radical (unpaired) electrons. The van der Waals surface area contributed by atoms with Crippen LogP contribution in [0.5, 0.6) is 11.5 Å². The van der Waals surface area contributed by atoms with E-state index < -0.39 is 0 Å². The standard InChI is InChI=1S/C19H27BrN4O2S/c1-13-18(20)14(2)24(23-13)11-5-9-21-19(27)22-10-8-15-6-7-16(25-3)17(12-15)26-4/h6-7,12H,5,8-11H2,1-4H3,(H2,21,22,27). The Balaban J connectivity index is 1.67. The number of methoxy groups -OCH3 is 2. The maximum Gasteiger partial charge on any atom is 0.166 e. The number of nitrogens with one attached hydrogen (secondary N) is 2. The average molecular weight is 455 g/mol. The lowest BCUT2D eigenvalue weighted by molar-refractivity contribution is 0.354. The normalized spacial score (nSPS) is 10.6. The van der Waals surface area contributed by atoms with Gasteiger partial charge in [0.05, 0.1) is 24.4 Å². The first-order valence-corrected chi connectivity index (χ1v) is 10.1. The smallest absolute Gasteiger partial charge is 0.166 e. The quantitative estimate of drug-likeness (QED) is 0.447. The molecular weight excluding hydrogens is 428 g/mol. The van der Waals surface area contributed by atoms with Crippen molar-refractivity contribution in [3.63, 3.8) is 0 Å². The molecule has 0 fully saturated rings. The average Bonchev–Trinajstić information content (AvgIpc) is 2.91. The summed E-state index contributed by atoms with van der Waals surface area (Å²) in [7, 11) is 3.28. The van der Waals surface area contributed by atoms with Gasteiger partial charge in [0, 0.05) is 25.3 Å². The molecule has 0 unspecified atom stereocenters. The van der Waals surface area contributed by atoms with Crippen LogP contribution in [0.3, 0.4) is 0 Å². The minimum absolute atomic E-state index is 0.671. The number of hydrogen-bond donors (Lipinski definition) is 2. The van der Waals surface area contributed by atoms with E-state index in [0.29, 0.717) is 5.11 Å². The third-order valence-corrected chi connectivity index (χ3v) is 5.71. The molecule has 1 aromatic heterocycles. The van der Waals surface area contributed by atoms with Gasteiger partial charge < -0.3 is 20.1 Å². The van der Waals surface area contributed by atoms with Crippen LogP contribution in [-0.2, 0) is 13.0 Å². The second-order valence-electron chi connectivity index (χ2n) is 6.18. The van der Waals surface area contributed by atoms with E-state index in [-0.39, 0.29) is 0 Å². The molecule has 0 aliphatic rings. The van der Waals surface area contributed by atoms with Gasteiger partial charge in [-0.2, -0.15) is 5.10 Å². The van der Waals surface area contributed by atoms with Crippen LogP contribution in [-0.4, -0.2) is 42.2 Å². The zero-order chi connectivity index (χ0) is 19.8. The number of nitrogens with zero attached hydrogens (tertiary/aromatic N) is 2. The van der Waals surface area contributed by atoms with Crippen LogP contribution in [0.4, 0.5) is 0 Å². The molecule has 0 aliphatic carbocycles. The molecule has 0 amide bonds. The molecule has 0 saturated carbocycles. The Kier molecular flexibility index (Phi) is 8.37. The monoisotopic (exact) mass is 454 g/mol. The highest BCUT2D eigenvalue weighted by atomic mass is 79.9. The van der Waals surface area contributed by atoms with Crippen LogP contribution >= 0.6 is 28.1 Å². The van der Waals surface area contributed by atoms with E-state index in [0.717, 1.165) is 65.4 Å². The van der Waals surface area contributed by atoms with Gasteiger partial charge in [-0.3, -0.25) is 4.68 Å². The van der Waals surface area contributed by atoms with Gasteiger partial charge in [-0.05, 0) is 72.5 Å². The summed E-state index contributed by atoms with van der Waals surface area (Å²) in [5, 5.41) is 11.7. The molecule has 2 aromatic rings. The second-order valence-corrected chi connectivity index (χ2v) is 7.38. The maximum atomic E-state index is 5.34. The Morgan fingerprint density at radius 3 is 2.48 bits per heavy atom. The first-order chi connectivity index (χ1) is 13.0. The van der Waals surface area contributed by atoms with E-state index in [1.54, 1.807) is 14.2 Å². The minimum atomic E-state index is 0.671. The third-order valence-electron chi connectivity index (χ3n) is 4.27. The molecule has 1 aromatic carbocycles. The Labute approximate surface area is 174 Å². The number of thiocarbonyl (C=S) groups is 1. The summed E-state index contributed by atoms with van der Waals surface area (Å²) in [6, 6.07) is 5.94. The summed E-state index contributed by atoms with van der Waals surface area (Å²) in [4.78, 5) is 0. The van der Waals surface area contributed by atoms with Crippen molar-refractivity contribution in [1.29, 1.82) is 0 Å². The Bertz CT molecular complexity index is 779. The summed E-state index contributed by atoms with van der Waals surface area (Å²) >= 11 is 8.89. The molecule has 0 atom stereocenters. The minimum Gasteiger partial charge on any atom is -0.493 e. The van der Waals surface area contributed by atoms with E-state index in [1.807, 2.05) is 29.8 Å². The maximum absolute atomic E-state index is 5.34. The lowest BCUT2D eigenvalue weighted by Gasteiger charge is -2.12. The molecular formula is C19H27BrN4O2S. The fourth-order valence-electron chi connectivity index (χ4n) is 2.74. The molecule has 8 heteroatoms. The summed E-state index contributed by atoms with van der Waals surface area (Å²) < 4.78 is 13.7. The van der Waals surface area contributed by atoms with Crippen LogP contribution in [0, 0.1) is 13.8 Å². The lowest BCUT2D eigenvalue weighted by Crippen LogP contribution is -2.37. The van der Waals surface area contributed by atoms with Crippen LogP contribution in [0.2, 0.25) is 0 Å². The summed E-state index contributed by atoms with van der Waals surface area (Å²) in [6.07, 6.45) is 1.80. The van der Waals surface area contributed by atoms with Gasteiger partial charge in [0.2, 0.25) is 0 Å². The summed E-state index contributed by atoms with van der Waals surface area (Å²) in [5.74, 6) is 1.48. The van der Waals surface area contributed by atoms with E-state index >= 15 is 0 Å². The fraction of sp³-hybridized carbons (Fsp3) is 0.474. The van der Waals surface area contributed by atoms with Crippen molar-refractivity contribution >= 4 is 33.3 Å². The zero-order valence-electron chi connectivity index (χ0n) is 16.3. The first kappa shape index (κ1) is 21.5. The van der Waals surface area contributed by atoms with E-state index in [2.05, 4.69) is 38.6 Å². The van der Waals surface area contributed by atoms with Crippen molar-refractivity contribution in [3.8, 4) is 11.5 Å². The molecule has 0 bridgehead atoms. The number of ether oxygens (including phenoxy) is 2. The van der Waals surface area contributed by atoms with Crippen molar-refractivity contribution in [2.24, 2.45) is 0 Å². The van der Waals surface area contributed by atoms with Crippen molar-refractivity contribution in [3.05, 3.63) is 39.6 Å². The molecule has 2 N–H and O–H groups in total. The lowest BCUT2D eigenvalue weighted by atomic mass is 10.1. The predicted octanol–water partition coefficient (Wildman–Crippen LogP) is 3.38. The Morgan fingerprint density at radius 2 is 1.85 bits per heavy atom. The fourth-order valence-corrected chi connectivity index (χ4v) is 3.23. The molecule has 1 heterocycles. The Morgan fingerprint density at radius 1 is 1.15 bits per heavy atom. The van der Waals surface area contributed by atoms with Gasteiger partial charge in [0.15, 0.2) is 16.6 Å². The Hall–Kier alpha value is -1.80. The number of halogens is 1. The molecule has 6 nitrogen and oxygen atoms in total. The van der Waals surface area contributed by atoms with Crippen LogP contribution < -0.4 is 20.1 Å². The van der Waals surface area contributed by atoms with Crippen LogP contribution in [0.1, 0.15) is 23.4 Å². The topological polar surface area (TPSA) is 60.3 Å². The van der Waals surface area contributed by atoms with E-state index in [1.165, 1.54) is 0 Å². The first-order valence-electron chi connectivity index (χ1n) is 8.88. The molecule has 148 valence electrons. The van der Waals surface area contributed by atoms with Crippen molar-refractivity contribution in [1.82, 2.24) is 20.4 Å². The largest absolute Gasteiger partial charge is 0.493 e. The van der Waals surface area contributed by atoms with Gasteiger partial charge in [-0.25, -0.2) is 0 Å². The van der Waals surface area contributed by atoms with Crippen molar-refractivity contribution < 1.29 is 9.47 Å². The number of aromatic nitrogens is 2. The van der Waals surface area contributed by atoms with Gasteiger partial charge in [-0.1, -0.05) is 6.07 Å². The molecule has 2 rings (SSSR count). The highest BCUT2D eigenvalue weighted by molar-refractivity contribution is 9.10. The van der Waals surface area contributed by atoms with Gasteiger partial charge >= 0.3 is 0 Å². The highest BCUT2D eigenvalue weighted by Crippen LogP contribution is 2.27. The number of rotatable bonds is 9. The number of hydrogen-bond acceptors (Lipinski definition) is 4. The number of benzene rings is 1. The SMILES string of the molecule is COc1ccc(CCNC(=S)NCCCn2nc(C)c(Br)c2C)cc1OC. The van der Waals surface area contributed by atoms with Crippen molar-refractivity contribution in [2.45, 2.75) is 33.2 Å². The van der Waals surface area contributed by atoms with E-state index in [4.69, 9.17) is 21.7 Å². The number of aryl methyl sites for hydroxylation is 2. The van der Waals surface area contributed by atoms with E-state index in [9.17, 15) is 0 Å². The zero-order valence-corrected chi connectivity index (χ0v) is 18.7. The molecule has 27 heavy (non-hydrogen) atoms. The summed E-state index contributed by atoms with van der Waals surface area (Å²) in [5.41, 5.74) is 3.34. The van der Waals surface area contributed by atoms with Crippen molar-refractivity contribution in [2.75, 3.05) is 27.3 Å². The second kappa shape index (κ2) is 10.5. The highest BCUT2D eigenvalue weighted by Gasteiger charge is 2.08. The van der Waals surface area contributed by atoms with Gasteiger partial charge in [0.1, 0.15) is 0 Å².